The van der Waals surface area contributed by atoms with Gasteiger partial charge in [-0.2, -0.15) is 0 Å². The summed E-state index contributed by atoms with van der Waals surface area (Å²) in [6, 6.07) is -0.978. The number of hydrogen-bond donors (Lipinski definition) is 5. The van der Waals surface area contributed by atoms with Crippen molar-refractivity contribution >= 4 is 5.91 Å². The fourth-order valence-electron chi connectivity index (χ4n) is 7.23. The lowest BCUT2D eigenvalue weighted by Crippen LogP contribution is -2.53. The van der Waals surface area contributed by atoms with Crippen LogP contribution in [0.5, 0.6) is 0 Å². The highest BCUT2D eigenvalue weighted by molar-refractivity contribution is 5.80. The van der Waals surface area contributed by atoms with Crippen molar-refractivity contribution in [2.45, 2.75) is 269 Å². The van der Waals surface area contributed by atoms with E-state index in [0.29, 0.717) is 12.8 Å². The molecular formula is C44H89NO5. The van der Waals surface area contributed by atoms with Crippen molar-refractivity contribution in [1.29, 1.82) is 0 Å². The monoisotopic (exact) mass is 712 g/mol. The second kappa shape index (κ2) is 39.5. The minimum absolute atomic E-state index is 0.376. The summed E-state index contributed by atoms with van der Waals surface area (Å²) >= 11 is 0. The van der Waals surface area contributed by atoms with Crippen LogP contribution in [0.2, 0.25) is 0 Å². The minimum Gasteiger partial charge on any atom is -0.394 e. The zero-order valence-corrected chi connectivity index (χ0v) is 33.7. The molecule has 0 saturated heterocycles. The summed E-state index contributed by atoms with van der Waals surface area (Å²) < 4.78 is 0. The first-order valence-corrected chi connectivity index (χ1v) is 22.4. The van der Waals surface area contributed by atoms with Crippen molar-refractivity contribution in [2.75, 3.05) is 6.61 Å². The third kappa shape index (κ3) is 33.2. The molecule has 1 amide bonds. The Morgan fingerprint density at radius 3 is 0.960 bits per heavy atom. The molecule has 0 aromatic rings. The van der Waals surface area contributed by atoms with Gasteiger partial charge in [0.1, 0.15) is 12.2 Å². The van der Waals surface area contributed by atoms with E-state index in [1.807, 2.05) is 0 Å². The van der Waals surface area contributed by atoms with E-state index in [2.05, 4.69) is 19.2 Å². The topological polar surface area (TPSA) is 110 Å². The molecule has 0 aromatic carbocycles. The lowest BCUT2D eigenvalue weighted by Gasteiger charge is -2.27. The molecule has 0 heterocycles. The highest BCUT2D eigenvalue weighted by atomic mass is 16.3. The molecule has 300 valence electrons. The maximum absolute atomic E-state index is 12.5. The smallest absolute Gasteiger partial charge is 0.249 e. The number of nitrogens with one attached hydrogen (secondary N) is 1. The zero-order chi connectivity index (χ0) is 36.8. The van der Waals surface area contributed by atoms with Gasteiger partial charge >= 0.3 is 0 Å². The minimum atomic E-state index is -1.25. The van der Waals surface area contributed by atoms with Crippen LogP contribution < -0.4 is 5.32 Å². The van der Waals surface area contributed by atoms with Crippen molar-refractivity contribution in [1.82, 2.24) is 5.32 Å². The molecule has 50 heavy (non-hydrogen) atoms. The van der Waals surface area contributed by atoms with E-state index in [-0.39, 0.29) is 0 Å². The van der Waals surface area contributed by atoms with E-state index >= 15 is 0 Å². The zero-order valence-electron chi connectivity index (χ0n) is 33.7. The molecule has 0 aliphatic rings. The standard InChI is InChI=1S/C44H89NO5/c1-3-5-7-9-11-13-15-17-18-19-20-21-22-23-24-25-26-28-30-32-34-36-38-42(48)44(50)45-40(39-46)43(49)41(47)37-35-33-31-29-27-16-14-12-10-8-6-4-2/h40-43,46-49H,3-39H2,1-2H3,(H,45,50)/t40-,41?,42?,43-/m0/s1. The van der Waals surface area contributed by atoms with E-state index in [1.54, 1.807) is 0 Å². The highest BCUT2D eigenvalue weighted by Crippen LogP contribution is 2.17. The van der Waals surface area contributed by atoms with Crippen LogP contribution in [0.4, 0.5) is 0 Å². The molecule has 0 saturated carbocycles. The van der Waals surface area contributed by atoms with Gasteiger partial charge in [-0.1, -0.05) is 232 Å². The molecule has 0 bridgehead atoms. The van der Waals surface area contributed by atoms with Crippen LogP contribution in [0.15, 0.2) is 0 Å². The van der Waals surface area contributed by atoms with Crippen molar-refractivity contribution in [3.63, 3.8) is 0 Å². The van der Waals surface area contributed by atoms with Gasteiger partial charge in [0.15, 0.2) is 0 Å². The fourth-order valence-corrected chi connectivity index (χ4v) is 7.23. The molecule has 0 fully saturated rings. The largest absolute Gasteiger partial charge is 0.394 e. The Balaban J connectivity index is 3.65. The van der Waals surface area contributed by atoms with Crippen molar-refractivity contribution in [3.05, 3.63) is 0 Å². The first-order valence-electron chi connectivity index (χ1n) is 22.4. The summed E-state index contributed by atoms with van der Waals surface area (Å²) in [6.45, 7) is 4.06. The molecule has 4 atom stereocenters. The van der Waals surface area contributed by atoms with E-state index in [4.69, 9.17) is 0 Å². The highest BCUT2D eigenvalue weighted by Gasteiger charge is 2.28. The first-order chi connectivity index (χ1) is 24.5. The first kappa shape index (κ1) is 49.3. The van der Waals surface area contributed by atoms with Crippen LogP contribution >= 0.6 is 0 Å². The second-order valence-corrected chi connectivity index (χ2v) is 15.8. The Kier molecular flexibility index (Phi) is 39.0. The van der Waals surface area contributed by atoms with Gasteiger partial charge < -0.3 is 25.7 Å². The summed E-state index contributed by atoms with van der Waals surface area (Å²) in [5.74, 6) is -0.579. The lowest BCUT2D eigenvalue weighted by atomic mass is 9.99. The predicted octanol–water partition coefficient (Wildman–Crippen LogP) is 11.6. The van der Waals surface area contributed by atoms with Gasteiger partial charge in [-0.25, -0.2) is 0 Å². The summed E-state index contributed by atoms with van der Waals surface area (Å²) in [5, 5.41) is 43.6. The van der Waals surface area contributed by atoms with Gasteiger partial charge in [-0.15, -0.1) is 0 Å². The van der Waals surface area contributed by atoms with E-state index in [0.717, 1.165) is 38.5 Å². The van der Waals surface area contributed by atoms with Crippen LogP contribution in [0.1, 0.15) is 245 Å². The summed E-state index contributed by atoms with van der Waals surface area (Å²) in [5.41, 5.74) is 0. The molecule has 6 heteroatoms. The molecule has 0 spiro atoms. The van der Waals surface area contributed by atoms with Crippen molar-refractivity contribution in [3.8, 4) is 0 Å². The quantitative estimate of drug-likeness (QED) is 0.0406. The normalized spacial score (nSPS) is 14.1. The van der Waals surface area contributed by atoms with Crippen molar-refractivity contribution < 1.29 is 25.2 Å². The number of carbonyl (C=O) groups is 1. The SMILES string of the molecule is CCCCCCCCCCCCCCCCCCCCCCCCC(O)C(=O)N[C@@H](CO)[C@H](O)C(O)CCCCCCCCCCCCCC. The van der Waals surface area contributed by atoms with Gasteiger partial charge in [-0.3, -0.25) is 4.79 Å². The Morgan fingerprint density at radius 1 is 0.420 bits per heavy atom. The number of aliphatic hydroxyl groups excluding tert-OH is 4. The Hall–Kier alpha value is -0.690. The second-order valence-electron chi connectivity index (χ2n) is 15.8. The number of rotatable bonds is 41. The van der Waals surface area contributed by atoms with E-state index < -0.39 is 36.9 Å². The van der Waals surface area contributed by atoms with Crippen LogP contribution in [0.3, 0.4) is 0 Å². The average molecular weight is 712 g/mol. The number of amides is 1. The van der Waals surface area contributed by atoms with E-state index in [9.17, 15) is 25.2 Å². The molecule has 0 aromatic heterocycles. The number of hydrogen-bond acceptors (Lipinski definition) is 5. The lowest BCUT2D eigenvalue weighted by molar-refractivity contribution is -0.132. The van der Waals surface area contributed by atoms with Crippen LogP contribution in [0.25, 0.3) is 0 Å². The van der Waals surface area contributed by atoms with Gasteiger partial charge in [-0.05, 0) is 12.8 Å². The Morgan fingerprint density at radius 2 is 0.680 bits per heavy atom. The summed E-state index contributed by atoms with van der Waals surface area (Å²) in [4.78, 5) is 12.5. The molecule has 0 rings (SSSR count). The van der Waals surface area contributed by atoms with Gasteiger partial charge in [0, 0.05) is 0 Å². The maximum atomic E-state index is 12.5. The summed E-state index contributed by atoms with van der Waals surface area (Å²) in [6.07, 6.45) is 41.4. The van der Waals surface area contributed by atoms with Gasteiger partial charge in [0.25, 0.3) is 0 Å². The van der Waals surface area contributed by atoms with Crippen molar-refractivity contribution in [2.24, 2.45) is 0 Å². The number of unbranched alkanes of at least 4 members (excludes halogenated alkanes) is 32. The molecule has 6 nitrogen and oxygen atoms in total. The number of aliphatic hydroxyl groups is 4. The van der Waals surface area contributed by atoms with Gasteiger partial charge in [0.05, 0.1) is 18.8 Å². The van der Waals surface area contributed by atoms with Crippen LogP contribution in [-0.2, 0) is 4.79 Å². The summed E-state index contributed by atoms with van der Waals surface area (Å²) in [7, 11) is 0. The Bertz CT molecular complexity index is 677. The predicted molar refractivity (Wildman–Crippen MR) is 215 cm³/mol. The third-order valence-electron chi connectivity index (χ3n) is 10.8. The Labute approximate surface area is 311 Å². The van der Waals surface area contributed by atoms with Gasteiger partial charge in [0.2, 0.25) is 5.91 Å². The molecule has 0 radical (unpaired) electrons. The molecule has 5 N–H and O–H groups in total. The third-order valence-corrected chi connectivity index (χ3v) is 10.8. The number of carbonyl (C=O) groups excluding carboxylic acids is 1. The molecule has 0 aliphatic heterocycles. The fraction of sp³-hybridized carbons (Fsp3) is 0.977. The molecule has 2 unspecified atom stereocenters. The maximum Gasteiger partial charge on any atom is 0.249 e. The molecule has 0 aliphatic carbocycles. The van der Waals surface area contributed by atoms with E-state index in [1.165, 1.54) is 180 Å². The average Bonchev–Trinajstić information content (AvgIpc) is 3.12. The molecular weight excluding hydrogens is 622 g/mol. The van der Waals surface area contributed by atoms with Crippen LogP contribution in [0, 0.1) is 0 Å². The van der Waals surface area contributed by atoms with Crippen LogP contribution in [-0.4, -0.2) is 57.3 Å².